The summed E-state index contributed by atoms with van der Waals surface area (Å²) in [4.78, 5) is 15.1. The zero-order valence-corrected chi connectivity index (χ0v) is 17.7. The number of rotatable bonds is 6. The van der Waals surface area contributed by atoms with E-state index >= 15 is 0 Å². The molecule has 2 heterocycles. The molecule has 1 aromatic carbocycles. The molecule has 6 heteroatoms. The fourth-order valence-electron chi connectivity index (χ4n) is 3.90. The molecule has 1 atom stereocenters. The Bertz CT molecular complexity index is 836. The van der Waals surface area contributed by atoms with Gasteiger partial charge in [0.1, 0.15) is 5.69 Å². The zero-order valence-electron chi connectivity index (χ0n) is 17.7. The van der Waals surface area contributed by atoms with Gasteiger partial charge in [-0.2, -0.15) is 5.10 Å². The topological polar surface area (TPSA) is 59.4 Å². The van der Waals surface area contributed by atoms with Crippen LogP contribution in [-0.4, -0.2) is 52.9 Å². The maximum absolute atomic E-state index is 12.7. The van der Waals surface area contributed by atoms with Crippen LogP contribution in [0.1, 0.15) is 61.3 Å². The monoisotopic (exact) mass is 396 g/mol. The predicted molar refractivity (Wildman–Crippen MR) is 113 cm³/mol. The third-order valence-corrected chi connectivity index (χ3v) is 5.56. The van der Waals surface area contributed by atoms with Crippen molar-refractivity contribution in [2.24, 2.45) is 0 Å². The number of carbonyl (C=O) groups excluding carboxylic acids is 1. The minimum atomic E-state index is -0.124. The highest BCUT2D eigenvalue weighted by molar-refractivity contribution is 5.92. The van der Waals surface area contributed by atoms with Crippen LogP contribution in [0.25, 0.3) is 0 Å². The van der Waals surface area contributed by atoms with Crippen molar-refractivity contribution in [1.29, 1.82) is 0 Å². The quantitative estimate of drug-likeness (QED) is 0.815. The first-order valence-electron chi connectivity index (χ1n) is 10.7. The van der Waals surface area contributed by atoms with Crippen LogP contribution in [0.2, 0.25) is 0 Å². The number of hydrogen-bond acceptors (Lipinski definition) is 4. The van der Waals surface area contributed by atoms with Gasteiger partial charge in [-0.25, -0.2) is 0 Å². The molecule has 0 radical (unpaired) electrons. The molecule has 1 N–H and O–H groups in total. The van der Waals surface area contributed by atoms with Gasteiger partial charge in [-0.05, 0) is 45.2 Å². The number of carbonyl (C=O) groups is 1. The maximum Gasteiger partial charge on any atom is 0.271 e. The van der Waals surface area contributed by atoms with Crippen molar-refractivity contribution >= 4 is 5.91 Å². The van der Waals surface area contributed by atoms with E-state index in [1.165, 1.54) is 24.1 Å². The molecule has 1 amide bonds. The van der Waals surface area contributed by atoms with Crippen molar-refractivity contribution in [1.82, 2.24) is 20.0 Å². The van der Waals surface area contributed by atoms with Crippen LogP contribution in [0.5, 0.6) is 0 Å². The van der Waals surface area contributed by atoms with Crippen molar-refractivity contribution < 1.29 is 9.53 Å². The number of hydrogen-bond donors (Lipinski definition) is 1. The highest BCUT2D eigenvalue weighted by Crippen LogP contribution is 2.41. The van der Waals surface area contributed by atoms with Gasteiger partial charge in [0.25, 0.3) is 5.91 Å². The molecule has 2 aliphatic rings. The lowest BCUT2D eigenvalue weighted by Crippen LogP contribution is -2.47. The minimum Gasteiger partial charge on any atom is -0.374 e. The van der Waals surface area contributed by atoms with E-state index in [1.54, 1.807) is 0 Å². The minimum absolute atomic E-state index is 0.00372. The van der Waals surface area contributed by atoms with Crippen LogP contribution in [-0.2, 0) is 16.8 Å². The second-order valence-electron chi connectivity index (χ2n) is 9.23. The summed E-state index contributed by atoms with van der Waals surface area (Å²) >= 11 is 0. The highest BCUT2D eigenvalue weighted by Gasteiger charge is 2.32. The Morgan fingerprint density at radius 3 is 2.69 bits per heavy atom. The van der Waals surface area contributed by atoms with Crippen LogP contribution in [0.3, 0.4) is 0 Å². The Kier molecular flexibility index (Phi) is 5.74. The molecule has 0 unspecified atom stereocenters. The van der Waals surface area contributed by atoms with E-state index in [9.17, 15) is 4.79 Å². The molecule has 1 saturated carbocycles. The number of nitrogens with zero attached hydrogens (tertiary/aromatic N) is 3. The predicted octanol–water partition coefficient (Wildman–Crippen LogP) is 3.15. The maximum atomic E-state index is 12.7. The van der Waals surface area contributed by atoms with Crippen LogP contribution >= 0.6 is 0 Å². The average molecular weight is 397 g/mol. The molecule has 1 aliphatic carbocycles. The van der Waals surface area contributed by atoms with E-state index in [-0.39, 0.29) is 17.6 Å². The SMILES string of the molecule is CC(C)(C)n1nc(C(=O)NC[C@@H]2CN(Cc3ccccc3)CCO2)cc1C1CC1. The fraction of sp³-hybridized carbons (Fsp3) is 0.565. The van der Waals surface area contributed by atoms with Crippen molar-refractivity contribution in [2.45, 2.75) is 57.7 Å². The lowest BCUT2D eigenvalue weighted by Gasteiger charge is -2.33. The zero-order chi connectivity index (χ0) is 20.4. The first kappa shape index (κ1) is 20.1. The number of benzene rings is 1. The molecule has 2 fully saturated rings. The standard InChI is InChI=1S/C23H32N4O2/c1-23(2,3)27-21(18-9-10-18)13-20(25-27)22(28)24-14-19-16-26(11-12-29-19)15-17-7-5-4-6-8-17/h4-8,13,18-19H,9-12,14-16H2,1-3H3,(H,24,28)/t19-/m1/s1. The second kappa shape index (κ2) is 8.28. The molecule has 0 bridgehead atoms. The van der Waals surface area contributed by atoms with Crippen LogP contribution in [0.15, 0.2) is 36.4 Å². The molecule has 6 nitrogen and oxygen atoms in total. The first-order valence-corrected chi connectivity index (χ1v) is 10.7. The fourth-order valence-corrected chi connectivity index (χ4v) is 3.90. The van der Waals surface area contributed by atoms with Crippen LogP contribution < -0.4 is 5.32 Å². The van der Waals surface area contributed by atoms with Gasteiger partial charge in [-0.3, -0.25) is 14.4 Å². The molecule has 1 saturated heterocycles. The van der Waals surface area contributed by atoms with E-state index in [2.05, 4.69) is 60.4 Å². The van der Waals surface area contributed by atoms with Gasteiger partial charge in [-0.1, -0.05) is 30.3 Å². The Hall–Kier alpha value is -2.18. The first-order chi connectivity index (χ1) is 13.9. The largest absolute Gasteiger partial charge is 0.374 e. The molecular weight excluding hydrogens is 364 g/mol. The van der Waals surface area contributed by atoms with Crippen molar-refractivity contribution in [3.63, 3.8) is 0 Å². The van der Waals surface area contributed by atoms with Crippen LogP contribution in [0.4, 0.5) is 0 Å². The van der Waals surface area contributed by atoms with Gasteiger partial charge in [-0.15, -0.1) is 0 Å². The summed E-state index contributed by atoms with van der Waals surface area (Å²) < 4.78 is 7.91. The molecule has 0 spiro atoms. The normalized spacial score (nSPS) is 20.6. The Balaban J connectivity index is 1.33. The van der Waals surface area contributed by atoms with E-state index in [0.29, 0.717) is 24.8 Å². The number of nitrogens with one attached hydrogen (secondary N) is 1. The molecule has 2 aromatic rings. The Labute approximate surface area is 173 Å². The van der Waals surface area contributed by atoms with E-state index < -0.39 is 0 Å². The summed E-state index contributed by atoms with van der Waals surface area (Å²) in [5.74, 6) is 0.440. The number of ether oxygens (including phenoxy) is 1. The molecular formula is C23H32N4O2. The third-order valence-electron chi connectivity index (χ3n) is 5.56. The van der Waals surface area contributed by atoms with Crippen molar-refractivity contribution in [3.05, 3.63) is 53.3 Å². The molecule has 156 valence electrons. The summed E-state index contributed by atoms with van der Waals surface area (Å²) in [5.41, 5.74) is 2.88. The average Bonchev–Trinajstić information content (AvgIpc) is 3.44. The lowest BCUT2D eigenvalue weighted by atomic mass is 10.1. The number of morpholine rings is 1. The lowest BCUT2D eigenvalue weighted by molar-refractivity contribution is -0.0292. The molecule has 1 aliphatic heterocycles. The molecule has 1 aromatic heterocycles. The van der Waals surface area contributed by atoms with E-state index in [4.69, 9.17) is 4.74 Å². The Morgan fingerprint density at radius 1 is 1.24 bits per heavy atom. The summed E-state index contributed by atoms with van der Waals surface area (Å²) in [6.45, 7) is 10.2. The third kappa shape index (κ3) is 5.06. The number of aromatic nitrogens is 2. The van der Waals surface area contributed by atoms with Crippen molar-refractivity contribution in [2.75, 3.05) is 26.2 Å². The van der Waals surface area contributed by atoms with Gasteiger partial charge in [0, 0.05) is 37.8 Å². The summed E-state index contributed by atoms with van der Waals surface area (Å²) in [7, 11) is 0. The summed E-state index contributed by atoms with van der Waals surface area (Å²) in [5, 5.41) is 7.67. The van der Waals surface area contributed by atoms with Gasteiger partial charge in [0.05, 0.1) is 18.2 Å². The summed E-state index contributed by atoms with van der Waals surface area (Å²) in [6.07, 6.45) is 2.38. The Morgan fingerprint density at radius 2 is 2.00 bits per heavy atom. The summed E-state index contributed by atoms with van der Waals surface area (Å²) in [6, 6.07) is 12.4. The van der Waals surface area contributed by atoms with Gasteiger partial charge in [0.15, 0.2) is 0 Å². The van der Waals surface area contributed by atoms with E-state index in [0.717, 1.165) is 19.6 Å². The molecule has 4 rings (SSSR count). The number of amides is 1. The van der Waals surface area contributed by atoms with Gasteiger partial charge in [0.2, 0.25) is 0 Å². The smallest absolute Gasteiger partial charge is 0.271 e. The van der Waals surface area contributed by atoms with Gasteiger partial charge < -0.3 is 10.1 Å². The second-order valence-corrected chi connectivity index (χ2v) is 9.23. The van der Waals surface area contributed by atoms with Gasteiger partial charge >= 0.3 is 0 Å². The molecule has 29 heavy (non-hydrogen) atoms. The highest BCUT2D eigenvalue weighted by atomic mass is 16.5. The van der Waals surface area contributed by atoms with Crippen LogP contribution in [0, 0.1) is 0 Å². The van der Waals surface area contributed by atoms with E-state index in [1.807, 2.05) is 16.8 Å². The van der Waals surface area contributed by atoms with Crippen molar-refractivity contribution in [3.8, 4) is 0 Å².